The third-order valence-corrected chi connectivity index (χ3v) is 5.68. The zero-order chi connectivity index (χ0) is 17.4. The van der Waals surface area contributed by atoms with Crippen LogP contribution in [0.15, 0.2) is 30.3 Å². The number of aromatic nitrogens is 2. The lowest BCUT2D eigenvalue weighted by molar-refractivity contribution is 0.0861. The fourth-order valence-corrected chi connectivity index (χ4v) is 4.32. The number of thiophene rings is 1. The first-order valence-electron chi connectivity index (χ1n) is 8.27. The number of benzene rings is 1. The van der Waals surface area contributed by atoms with Crippen LogP contribution < -0.4 is 5.32 Å². The van der Waals surface area contributed by atoms with Crippen molar-refractivity contribution in [1.29, 1.82) is 0 Å². The maximum Gasteiger partial charge on any atom is 0.261 e. The zero-order valence-corrected chi connectivity index (χ0v) is 15.4. The molecule has 1 fully saturated rings. The monoisotopic (exact) mass is 375 g/mol. The molecule has 0 unspecified atom stereocenters. The minimum atomic E-state index is -0.0613. The first kappa shape index (κ1) is 16.6. The van der Waals surface area contributed by atoms with Crippen molar-refractivity contribution in [3.05, 3.63) is 45.9 Å². The Morgan fingerprint density at radius 2 is 2.36 bits per heavy atom. The molecule has 1 N–H and O–H groups in total. The molecule has 1 amide bonds. The highest BCUT2D eigenvalue weighted by Gasteiger charge is 2.20. The maximum atomic E-state index is 12.5. The van der Waals surface area contributed by atoms with Gasteiger partial charge in [0.25, 0.3) is 5.91 Å². The molecule has 4 rings (SSSR count). The molecular formula is C18H18ClN3O2S. The third-order valence-electron chi connectivity index (χ3n) is 4.34. The second-order valence-electron chi connectivity index (χ2n) is 6.15. The number of ether oxygens (including phenoxy) is 1. The normalized spacial score (nSPS) is 17.3. The molecule has 130 valence electrons. The molecule has 3 aromatic rings. The average molecular weight is 376 g/mol. The Labute approximate surface area is 154 Å². The summed E-state index contributed by atoms with van der Waals surface area (Å²) in [5.41, 5.74) is 1.78. The Bertz CT molecular complexity index is 928. The summed E-state index contributed by atoms with van der Waals surface area (Å²) in [6.45, 7) is 3.30. The van der Waals surface area contributed by atoms with Crippen LogP contribution in [0, 0.1) is 6.92 Å². The molecule has 7 heteroatoms. The van der Waals surface area contributed by atoms with Crippen molar-refractivity contribution in [2.75, 3.05) is 13.2 Å². The molecule has 0 bridgehead atoms. The van der Waals surface area contributed by atoms with Crippen molar-refractivity contribution in [3.63, 3.8) is 0 Å². The van der Waals surface area contributed by atoms with Gasteiger partial charge < -0.3 is 10.1 Å². The van der Waals surface area contributed by atoms with Gasteiger partial charge in [-0.1, -0.05) is 17.7 Å². The van der Waals surface area contributed by atoms with Gasteiger partial charge in [0.2, 0.25) is 0 Å². The number of hydrogen-bond acceptors (Lipinski definition) is 4. The number of aryl methyl sites for hydroxylation is 1. The third kappa shape index (κ3) is 3.29. The number of amides is 1. The Morgan fingerprint density at radius 3 is 3.12 bits per heavy atom. The first-order valence-corrected chi connectivity index (χ1v) is 9.46. The average Bonchev–Trinajstić information content (AvgIpc) is 3.31. The number of nitrogens with one attached hydrogen (secondary N) is 1. The molecule has 0 saturated carbocycles. The topological polar surface area (TPSA) is 56.2 Å². The van der Waals surface area contributed by atoms with Gasteiger partial charge in [0.15, 0.2) is 0 Å². The van der Waals surface area contributed by atoms with E-state index in [0.717, 1.165) is 41.0 Å². The van der Waals surface area contributed by atoms with E-state index in [-0.39, 0.29) is 12.0 Å². The van der Waals surface area contributed by atoms with Crippen LogP contribution in [0.5, 0.6) is 0 Å². The fourth-order valence-electron chi connectivity index (χ4n) is 3.04. The minimum Gasteiger partial charge on any atom is -0.376 e. The molecule has 25 heavy (non-hydrogen) atoms. The van der Waals surface area contributed by atoms with Crippen molar-refractivity contribution in [2.24, 2.45) is 0 Å². The van der Waals surface area contributed by atoms with Gasteiger partial charge in [-0.15, -0.1) is 11.3 Å². The second-order valence-corrected chi connectivity index (χ2v) is 7.62. The van der Waals surface area contributed by atoms with E-state index in [0.29, 0.717) is 16.4 Å². The largest absolute Gasteiger partial charge is 0.376 e. The summed E-state index contributed by atoms with van der Waals surface area (Å²) in [7, 11) is 0. The van der Waals surface area contributed by atoms with Gasteiger partial charge in [-0.3, -0.25) is 4.79 Å². The Kier molecular flexibility index (Phi) is 4.50. The van der Waals surface area contributed by atoms with E-state index in [2.05, 4.69) is 10.4 Å². The summed E-state index contributed by atoms with van der Waals surface area (Å²) in [6, 6.07) is 9.45. The van der Waals surface area contributed by atoms with Crippen LogP contribution in [0.1, 0.15) is 28.2 Å². The number of halogens is 1. The standard InChI is InChI=1S/C18H18ClN3O2S/c1-11-15-9-16(17(23)20-10-14-6-3-7-24-14)25-18(15)22(21-11)13-5-2-4-12(19)8-13/h2,4-5,8-9,14H,3,6-7,10H2,1H3,(H,20,23)/t14-/m0/s1. The predicted octanol–water partition coefficient (Wildman–Crippen LogP) is 3.96. The van der Waals surface area contributed by atoms with E-state index in [4.69, 9.17) is 16.3 Å². The van der Waals surface area contributed by atoms with Crippen LogP contribution in [0.25, 0.3) is 15.9 Å². The number of nitrogens with zero attached hydrogens (tertiary/aromatic N) is 2. The Morgan fingerprint density at radius 1 is 1.48 bits per heavy atom. The molecule has 0 radical (unpaired) electrons. The highest BCUT2D eigenvalue weighted by molar-refractivity contribution is 7.20. The highest BCUT2D eigenvalue weighted by Crippen LogP contribution is 2.31. The van der Waals surface area contributed by atoms with E-state index in [9.17, 15) is 4.79 Å². The van der Waals surface area contributed by atoms with Crippen LogP contribution in [0.3, 0.4) is 0 Å². The minimum absolute atomic E-state index is 0.0613. The first-order chi connectivity index (χ1) is 12.1. The van der Waals surface area contributed by atoms with Crippen molar-refractivity contribution in [3.8, 4) is 5.69 Å². The molecule has 1 saturated heterocycles. The van der Waals surface area contributed by atoms with Crippen LogP contribution in [0.2, 0.25) is 5.02 Å². The molecule has 3 heterocycles. The summed E-state index contributed by atoms with van der Waals surface area (Å²) >= 11 is 7.54. The zero-order valence-electron chi connectivity index (χ0n) is 13.8. The SMILES string of the molecule is Cc1nn(-c2cccc(Cl)c2)c2sc(C(=O)NC[C@@H]3CCCO3)cc12. The molecule has 5 nitrogen and oxygen atoms in total. The van der Waals surface area contributed by atoms with Gasteiger partial charge in [-0.25, -0.2) is 4.68 Å². The summed E-state index contributed by atoms with van der Waals surface area (Å²) in [4.78, 5) is 14.1. The second kappa shape index (κ2) is 6.78. The van der Waals surface area contributed by atoms with Crippen LogP contribution in [-0.2, 0) is 4.74 Å². The molecule has 1 aliphatic heterocycles. The lowest BCUT2D eigenvalue weighted by Crippen LogP contribution is -2.31. The molecule has 1 aromatic carbocycles. The van der Waals surface area contributed by atoms with Crippen molar-refractivity contribution in [1.82, 2.24) is 15.1 Å². The Hall–Kier alpha value is -1.89. The Balaban J connectivity index is 1.61. The summed E-state index contributed by atoms with van der Waals surface area (Å²) in [5, 5.41) is 9.21. The smallest absolute Gasteiger partial charge is 0.261 e. The van der Waals surface area contributed by atoms with E-state index in [1.165, 1.54) is 11.3 Å². The summed E-state index contributed by atoms with van der Waals surface area (Å²) in [6.07, 6.45) is 2.22. The van der Waals surface area contributed by atoms with Crippen molar-refractivity contribution >= 4 is 39.1 Å². The number of fused-ring (bicyclic) bond motifs is 1. The van der Waals surface area contributed by atoms with Crippen LogP contribution in [0.4, 0.5) is 0 Å². The van der Waals surface area contributed by atoms with Crippen LogP contribution >= 0.6 is 22.9 Å². The quantitative estimate of drug-likeness (QED) is 0.751. The van der Waals surface area contributed by atoms with Crippen LogP contribution in [-0.4, -0.2) is 34.9 Å². The molecule has 1 aliphatic rings. The van der Waals surface area contributed by atoms with Crippen molar-refractivity contribution < 1.29 is 9.53 Å². The van der Waals surface area contributed by atoms with E-state index in [1.807, 2.05) is 41.9 Å². The summed E-state index contributed by atoms with van der Waals surface area (Å²) in [5.74, 6) is -0.0613. The molecule has 0 spiro atoms. The van der Waals surface area contributed by atoms with Crippen molar-refractivity contribution in [2.45, 2.75) is 25.9 Å². The highest BCUT2D eigenvalue weighted by atomic mass is 35.5. The van der Waals surface area contributed by atoms with Gasteiger partial charge >= 0.3 is 0 Å². The molecule has 2 aromatic heterocycles. The lowest BCUT2D eigenvalue weighted by Gasteiger charge is -2.09. The van der Waals surface area contributed by atoms with E-state index in [1.54, 1.807) is 0 Å². The molecule has 0 aliphatic carbocycles. The fraction of sp³-hybridized carbons (Fsp3) is 0.333. The number of hydrogen-bond donors (Lipinski definition) is 1. The van der Waals surface area contributed by atoms with E-state index < -0.39 is 0 Å². The van der Waals surface area contributed by atoms with Gasteiger partial charge in [-0.2, -0.15) is 5.10 Å². The molecule has 1 atom stereocenters. The van der Waals surface area contributed by atoms with Gasteiger partial charge in [-0.05, 0) is 44.0 Å². The lowest BCUT2D eigenvalue weighted by atomic mass is 10.2. The number of rotatable bonds is 4. The van der Waals surface area contributed by atoms with E-state index >= 15 is 0 Å². The van der Waals surface area contributed by atoms with Gasteiger partial charge in [0, 0.05) is 23.6 Å². The van der Waals surface area contributed by atoms with Gasteiger partial charge in [0.05, 0.1) is 22.4 Å². The molecular weight excluding hydrogens is 358 g/mol. The summed E-state index contributed by atoms with van der Waals surface area (Å²) < 4.78 is 7.40. The van der Waals surface area contributed by atoms with Gasteiger partial charge in [0.1, 0.15) is 4.83 Å². The number of carbonyl (C=O) groups is 1. The predicted molar refractivity (Wildman–Crippen MR) is 100 cm³/mol. The number of carbonyl (C=O) groups excluding carboxylic acids is 1. The maximum absolute atomic E-state index is 12.5.